The van der Waals surface area contributed by atoms with Crippen LogP contribution >= 0.6 is 0 Å². The van der Waals surface area contributed by atoms with Crippen molar-refractivity contribution in [2.24, 2.45) is 5.92 Å². The molecule has 0 unspecified atom stereocenters. The second-order valence-corrected chi connectivity index (χ2v) is 11.8. The molecule has 0 spiro atoms. The number of piperidine rings is 1. The highest BCUT2D eigenvalue weighted by Gasteiger charge is 2.28. The minimum absolute atomic E-state index is 0.115. The van der Waals surface area contributed by atoms with Crippen molar-refractivity contribution in [3.63, 3.8) is 0 Å². The van der Waals surface area contributed by atoms with Gasteiger partial charge in [-0.2, -0.15) is 0 Å². The number of H-pyrrole nitrogens is 1. The van der Waals surface area contributed by atoms with Crippen molar-refractivity contribution in [3.8, 4) is 11.3 Å². The van der Waals surface area contributed by atoms with Crippen LogP contribution in [0.2, 0.25) is 0 Å². The molecule has 36 heavy (non-hydrogen) atoms. The van der Waals surface area contributed by atoms with Crippen molar-refractivity contribution in [3.05, 3.63) is 57.5 Å². The quantitative estimate of drug-likeness (QED) is 0.433. The number of aromatic nitrogens is 2. The van der Waals surface area contributed by atoms with Crippen molar-refractivity contribution >= 4 is 10.9 Å². The molecule has 0 bridgehead atoms. The van der Waals surface area contributed by atoms with Gasteiger partial charge in [0, 0.05) is 54.0 Å². The average Bonchev–Trinajstić information content (AvgIpc) is 3.26. The molecule has 1 N–H and O–H groups in total. The number of hydrogen-bond donors (Lipinski definition) is 1. The second-order valence-electron chi connectivity index (χ2n) is 11.8. The van der Waals surface area contributed by atoms with E-state index in [2.05, 4.69) is 68.0 Å². The first kappa shape index (κ1) is 25.3. The van der Waals surface area contributed by atoms with Crippen LogP contribution in [0.3, 0.4) is 0 Å². The standard InChI is InChI=1S/C31H43N3O2/c1-20(2)18-34-19-25(16-22(5)31(34)35)30-29(21(3)4)27-17-24(6-7-28(27)32-30)23-8-12-33(13-9-23)26-10-14-36-15-11-26/h6-7,16-17,19-21,23,26,32H,8-15,18H2,1-5H3. The summed E-state index contributed by atoms with van der Waals surface area (Å²) in [6, 6.07) is 9.84. The van der Waals surface area contributed by atoms with E-state index in [1.54, 1.807) is 0 Å². The van der Waals surface area contributed by atoms with E-state index in [9.17, 15) is 4.79 Å². The zero-order valence-electron chi connectivity index (χ0n) is 22.8. The molecule has 5 rings (SSSR count). The van der Waals surface area contributed by atoms with E-state index in [1.165, 1.54) is 60.8 Å². The molecule has 4 heterocycles. The molecule has 5 heteroatoms. The fraction of sp³-hybridized carbons (Fsp3) is 0.581. The lowest BCUT2D eigenvalue weighted by atomic mass is 9.86. The lowest BCUT2D eigenvalue weighted by Gasteiger charge is -2.39. The normalized spacial score (nSPS) is 18.6. The number of fused-ring (bicyclic) bond motifs is 1. The third-order valence-electron chi connectivity index (χ3n) is 8.26. The van der Waals surface area contributed by atoms with Crippen LogP contribution in [0.1, 0.15) is 81.9 Å². The monoisotopic (exact) mass is 489 g/mol. The first-order valence-electron chi connectivity index (χ1n) is 14.0. The van der Waals surface area contributed by atoms with Gasteiger partial charge in [0.05, 0.1) is 5.69 Å². The number of hydrogen-bond acceptors (Lipinski definition) is 3. The van der Waals surface area contributed by atoms with Crippen LogP contribution in [0.25, 0.3) is 22.2 Å². The minimum atomic E-state index is 0.115. The van der Waals surface area contributed by atoms with Crippen LogP contribution in [0.5, 0.6) is 0 Å². The number of benzene rings is 1. The lowest BCUT2D eigenvalue weighted by Crippen LogP contribution is -2.43. The van der Waals surface area contributed by atoms with Crippen molar-refractivity contribution in [1.29, 1.82) is 0 Å². The Labute approximate surface area is 215 Å². The fourth-order valence-corrected chi connectivity index (χ4v) is 6.41. The Morgan fingerprint density at radius 1 is 1.03 bits per heavy atom. The number of ether oxygens (including phenoxy) is 1. The van der Waals surface area contributed by atoms with Crippen molar-refractivity contribution in [2.75, 3.05) is 26.3 Å². The molecule has 3 aromatic rings. The summed E-state index contributed by atoms with van der Waals surface area (Å²) in [6.07, 6.45) is 6.89. The summed E-state index contributed by atoms with van der Waals surface area (Å²) in [6.45, 7) is 15.8. The van der Waals surface area contributed by atoms with E-state index in [-0.39, 0.29) is 5.56 Å². The van der Waals surface area contributed by atoms with Gasteiger partial charge in [-0.15, -0.1) is 0 Å². The van der Waals surface area contributed by atoms with Crippen molar-refractivity contribution < 1.29 is 4.74 Å². The summed E-state index contributed by atoms with van der Waals surface area (Å²) in [7, 11) is 0. The molecule has 2 fully saturated rings. The SMILES string of the molecule is Cc1cc(-c2[nH]c3ccc(C4CCN(C5CCOCC5)CC4)cc3c2C(C)C)cn(CC(C)C)c1=O. The van der Waals surface area contributed by atoms with Gasteiger partial charge in [-0.1, -0.05) is 33.8 Å². The van der Waals surface area contributed by atoms with E-state index in [0.29, 0.717) is 23.8 Å². The molecular formula is C31H43N3O2. The molecule has 0 saturated carbocycles. The maximum atomic E-state index is 12.8. The largest absolute Gasteiger partial charge is 0.381 e. The number of aromatic amines is 1. The molecule has 2 aliphatic rings. The van der Waals surface area contributed by atoms with Gasteiger partial charge in [-0.25, -0.2) is 0 Å². The number of rotatable bonds is 6. The number of likely N-dealkylation sites (tertiary alicyclic amines) is 1. The molecule has 1 aromatic carbocycles. The Morgan fingerprint density at radius 3 is 2.42 bits per heavy atom. The summed E-state index contributed by atoms with van der Waals surface area (Å²) >= 11 is 0. The molecular weight excluding hydrogens is 446 g/mol. The highest BCUT2D eigenvalue weighted by atomic mass is 16.5. The van der Waals surface area contributed by atoms with Gasteiger partial charge in [0.25, 0.3) is 5.56 Å². The molecule has 0 amide bonds. The molecule has 0 atom stereocenters. The third kappa shape index (κ3) is 5.05. The predicted octanol–water partition coefficient (Wildman–Crippen LogP) is 6.44. The summed E-state index contributed by atoms with van der Waals surface area (Å²) in [5.74, 6) is 1.43. The second kappa shape index (κ2) is 10.5. The maximum Gasteiger partial charge on any atom is 0.253 e. The van der Waals surface area contributed by atoms with Gasteiger partial charge in [0.2, 0.25) is 0 Å². The average molecular weight is 490 g/mol. The van der Waals surface area contributed by atoms with E-state index in [4.69, 9.17) is 4.74 Å². The van der Waals surface area contributed by atoms with Gasteiger partial charge >= 0.3 is 0 Å². The molecule has 0 radical (unpaired) electrons. The predicted molar refractivity (Wildman–Crippen MR) is 149 cm³/mol. The summed E-state index contributed by atoms with van der Waals surface area (Å²) in [5, 5.41) is 1.34. The summed E-state index contributed by atoms with van der Waals surface area (Å²) < 4.78 is 7.47. The highest BCUT2D eigenvalue weighted by molar-refractivity contribution is 5.92. The van der Waals surface area contributed by atoms with Gasteiger partial charge in [-0.05, 0) is 92.8 Å². The highest BCUT2D eigenvalue weighted by Crippen LogP contribution is 2.38. The third-order valence-corrected chi connectivity index (χ3v) is 8.26. The smallest absolute Gasteiger partial charge is 0.253 e. The van der Waals surface area contributed by atoms with Crippen molar-refractivity contribution in [2.45, 2.75) is 84.7 Å². The van der Waals surface area contributed by atoms with Crippen LogP contribution in [-0.2, 0) is 11.3 Å². The van der Waals surface area contributed by atoms with Gasteiger partial charge in [0.1, 0.15) is 0 Å². The molecule has 2 aromatic heterocycles. The zero-order valence-corrected chi connectivity index (χ0v) is 22.8. The van der Waals surface area contributed by atoms with E-state index < -0.39 is 0 Å². The Bertz CT molecular complexity index is 1250. The summed E-state index contributed by atoms with van der Waals surface area (Å²) in [5.41, 5.74) is 7.22. The van der Waals surface area contributed by atoms with Gasteiger partial charge in [0.15, 0.2) is 0 Å². The Balaban J connectivity index is 1.45. The number of nitrogens with one attached hydrogen (secondary N) is 1. The maximum absolute atomic E-state index is 12.8. The van der Waals surface area contributed by atoms with Crippen molar-refractivity contribution in [1.82, 2.24) is 14.5 Å². The van der Waals surface area contributed by atoms with E-state index in [1.807, 2.05) is 11.5 Å². The zero-order chi connectivity index (χ0) is 25.4. The molecule has 5 nitrogen and oxygen atoms in total. The fourth-order valence-electron chi connectivity index (χ4n) is 6.41. The van der Waals surface area contributed by atoms with Crippen LogP contribution in [0, 0.1) is 12.8 Å². The van der Waals surface area contributed by atoms with Gasteiger partial charge in [-0.3, -0.25) is 4.79 Å². The van der Waals surface area contributed by atoms with Crippen LogP contribution in [0.4, 0.5) is 0 Å². The van der Waals surface area contributed by atoms with E-state index in [0.717, 1.165) is 36.6 Å². The van der Waals surface area contributed by atoms with Gasteiger partial charge < -0.3 is 19.2 Å². The van der Waals surface area contributed by atoms with Crippen LogP contribution in [0.15, 0.2) is 35.3 Å². The topological polar surface area (TPSA) is 50.3 Å². The van der Waals surface area contributed by atoms with E-state index >= 15 is 0 Å². The first-order chi connectivity index (χ1) is 17.3. The molecule has 2 aliphatic heterocycles. The molecule has 2 saturated heterocycles. The minimum Gasteiger partial charge on any atom is -0.381 e. The number of nitrogens with zero attached hydrogens (tertiary/aromatic N) is 2. The molecule has 0 aliphatic carbocycles. The first-order valence-corrected chi connectivity index (χ1v) is 14.0. The van der Waals surface area contributed by atoms with Crippen LogP contribution in [-0.4, -0.2) is 46.8 Å². The lowest BCUT2D eigenvalue weighted by molar-refractivity contribution is 0.0252. The number of pyridine rings is 1. The number of aryl methyl sites for hydroxylation is 1. The Morgan fingerprint density at radius 2 is 1.75 bits per heavy atom. The molecule has 194 valence electrons. The Hall–Kier alpha value is -2.37. The Kier molecular flexibility index (Phi) is 7.41. The summed E-state index contributed by atoms with van der Waals surface area (Å²) in [4.78, 5) is 19.2. The van der Waals surface area contributed by atoms with Crippen LogP contribution < -0.4 is 5.56 Å².